The van der Waals surface area contributed by atoms with Gasteiger partial charge in [0.1, 0.15) is 0 Å². The number of carbonyl (C=O) groups excluding carboxylic acids is 1. The molecule has 0 fully saturated rings. The van der Waals surface area contributed by atoms with Crippen LogP contribution in [0.1, 0.15) is 58.3 Å². The van der Waals surface area contributed by atoms with Gasteiger partial charge in [-0.05, 0) is 12.8 Å². The van der Waals surface area contributed by atoms with Gasteiger partial charge < -0.3 is 20.2 Å². The van der Waals surface area contributed by atoms with Crippen molar-refractivity contribution in [2.24, 2.45) is 0 Å². The van der Waals surface area contributed by atoms with Crippen LogP contribution in [-0.4, -0.2) is 39.4 Å². The Kier molecular flexibility index (Phi) is 19.5. The van der Waals surface area contributed by atoms with Gasteiger partial charge in [-0.25, -0.2) is 9.36 Å². The molecule has 0 saturated carbocycles. The first-order valence-corrected chi connectivity index (χ1v) is 13.0. The van der Waals surface area contributed by atoms with Crippen LogP contribution >= 0.6 is 7.82 Å². The molecule has 8 nitrogen and oxygen atoms in total. The van der Waals surface area contributed by atoms with Gasteiger partial charge in [0, 0.05) is 6.08 Å². The number of unbranched alkanes of at least 4 members (excludes halogenated alkanes) is 7. The van der Waals surface area contributed by atoms with E-state index in [1.54, 1.807) is 18.2 Å². The minimum atomic E-state index is -4.82. The molecule has 0 radical (unpaired) electrons. The first kappa shape index (κ1) is 31.5. The zero-order chi connectivity index (χ0) is 25.5. The highest BCUT2D eigenvalue weighted by molar-refractivity contribution is 7.46. The maximum Gasteiger partial charge on any atom is 0.469 e. The lowest BCUT2D eigenvalue weighted by Crippen LogP contribution is -2.43. The predicted molar refractivity (Wildman–Crippen MR) is 135 cm³/mol. The van der Waals surface area contributed by atoms with Crippen molar-refractivity contribution in [3.05, 3.63) is 72.9 Å². The molecule has 0 bridgehead atoms. The smallest absolute Gasteiger partial charge is 0.469 e. The van der Waals surface area contributed by atoms with E-state index in [0.717, 1.165) is 12.5 Å². The van der Waals surface area contributed by atoms with Gasteiger partial charge in [-0.2, -0.15) is 0 Å². The van der Waals surface area contributed by atoms with E-state index < -0.39 is 32.3 Å². The number of aliphatic carboxylic acids is 1. The van der Waals surface area contributed by atoms with Gasteiger partial charge in [0.05, 0.1) is 6.61 Å². The summed E-state index contributed by atoms with van der Waals surface area (Å²) in [5, 5.41) is 11.0. The van der Waals surface area contributed by atoms with E-state index >= 15 is 0 Å². The fourth-order valence-corrected chi connectivity index (χ4v) is 2.96. The van der Waals surface area contributed by atoms with E-state index in [9.17, 15) is 14.2 Å². The van der Waals surface area contributed by atoms with Gasteiger partial charge in [0.2, 0.25) is 5.91 Å². The molecule has 0 saturated heterocycles. The van der Waals surface area contributed by atoms with E-state index in [1.165, 1.54) is 51.0 Å². The first-order chi connectivity index (χ1) is 16.3. The molecule has 4 N–H and O–H groups in total. The molecular weight excluding hydrogens is 457 g/mol. The second kappa shape index (κ2) is 21.1. The minimum absolute atomic E-state index is 0.736. The van der Waals surface area contributed by atoms with Crippen LogP contribution in [0.3, 0.4) is 0 Å². The van der Waals surface area contributed by atoms with Crippen molar-refractivity contribution < 1.29 is 33.6 Å². The average Bonchev–Trinajstić information content (AvgIpc) is 2.77. The van der Waals surface area contributed by atoms with Gasteiger partial charge in [0.25, 0.3) is 0 Å². The molecule has 1 atom stereocenters. The van der Waals surface area contributed by atoms with Crippen molar-refractivity contribution in [2.75, 3.05) is 6.61 Å². The quantitative estimate of drug-likeness (QED) is 0.0843. The second-order valence-electron chi connectivity index (χ2n) is 7.42. The number of phosphoric ester groups is 1. The summed E-state index contributed by atoms with van der Waals surface area (Å²) in [6.07, 6.45) is 31.6. The summed E-state index contributed by atoms with van der Waals surface area (Å²) in [5.41, 5.74) is 0. The fraction of sp³-hybridized carbons (Fsp3) is 0.440. The highest BCUT2D eigenvalue weighted by Gasteiger charge is 2.24. The lowest BCUT2D eigenvalue weighted by Gasteiger charge is -2.13. The van der Waals surface area contributed by atoms with E-state index in [4.69, 9.17) is 14.9 Å². The Morgan fingerprint density at radius 3 is 1.85 bits per heavy atom. The largest absolute Gasteiger partial charge is 0.480 e. The van der Waals surface area contributed by atoms with E-state index in [1.807, 2.05) is 36.5 Å². The van der Waals surface area contributed by atoms with Crippen LogP contribution in [0.25, 0.3) is 0 Å². The molecule has 0 spiro atoms. The molecule has 34 heavy (non-hydrogen) atoms. The van der Waals surface area contributed by atoms with Crippen LogP contribution in [0.5, 0.6) is 0 Å². The zero-order valence-electron chi connectivity index (χ0n) is 19.8. The van der Waals surface area contributed by atoms with Crippen LogP contribution in [0.15, 0.2) is 72.9 Å². The van der Waals surface area contributed by atoms with Crippen molar-refractivity contribution in [3.8, 4) is 0 Å². The van der Waals surface area contributed by atoms with Crippen molar-refractivity contribution in [1.82, 2.24) is 5.32 Å². The van der Waals surface area contributed by atoms with E-state index in [-0.39, 0.29) is 0 Å². The lowest BCUT2D eigenvalue weighted by molar-refractivity contribution is -0.142. The molecule has 0 unspecified atom stereocenters. The molecule has 0 aromatic rings. The van der Waals surface area contributed by atoms with Crippen molar-refractivity contribution in [3.63, 3.8) is 0 Å². The van der Waals surface area contributed by atoms with E-state index in [0.29, 0.717) is 0 Å². The Balaban J connectivity index is 4.05. The Morgan fingerprint density at radius 1 is 0.824 bits per heavy atom. The molecule has 0 heterocycles. The summed E-state index contributed by atoms with van der Waals surface area (Å²) in [7, 11) is -4.82. The van der Waals surface area contributed by atoms with E-state index in [2.05, 4.69) is 22.8 Å². The summed E-state index contributed by atoms with van der Waals surface area (Å²) in [6, 6.07) is -1.58. The maximum atomic E-state index is 11.7. The molecule has 1 amide bonds. The summed E-state index contributed by atoms with van der Waals surface area (Å²) in [5.74, 6) is -2.21. The number of carboxylic acid groups (broad SMARTS) is 1. The fourth-order valence-electron chi connectivity index (χ4n) is 2.62. The number of carbonyl (C=O) groups is 2. The Hall–Kier alpha value is -2.51. The Labute approximate surface area is 202 Å². The van der Waals surface area contributed by atoms with Crippen LogP contribution < -0.4 is 5.32 Å². The summed E-state index contributed by atoms with van der Waals surface area (Å²) < 4.78 is 14.7. The van der Waals surface area contributed by atoms with Crippen LogP contribution in [0.2, 0.25) is 0 Å². The normalized spacial score (nSPS) is 14.0. The second-order valence-corrected chi connectivity index (χ2v) is 8.66. The maximum absolute atomic E-state index is 11.7. The Morgan fingerprint density at radius 2 is 1.32 bits per heavy atom. The molecule has 0 aliphatic rings. The first-order valence-electron chi connectivity index (χ1n) is 11.5. The van der Waals surface area contributed by atoms with Crippen LogP contribution in [0.4, 0.5) is 0 Å². The molecule has 0 aromatic carbocycles. The van der Waals surface area contributed by atoms with Gasteiger partial charge in [-0.1, -0.05) is 112 Å². The SMILES string of the molecule is CCCCCCCCC/C=C/C=C/C=C/C=C/C=C/C=C/C(=O)N[C@@H](COP(=O)(O)O)C(=O)O. The number of amides is 1. The molecule has 190 valence electrons. The predicted octanol–water partition coefficient (Wildman–Crippen LogP) is 5.14. The lowest BCUT2D eigenvalue weighted by atomic mass is 10.1. The summed E-state index contributed by atoms with van der Waals surface area (Å²) >= 11 is 0. The van der Waals surface area contributed by atoms with Gasteiger partial charge in [0.15, 0.2) is 6.04 Å². The number of phosphoric acid groups is 1. The van der Waals surface area contributed by atoms with Crippen molar-refractivity contribution >= 4 is 19.7 Å². The molecule has 0 aromatic heterocycles. The third-order valence-electron chi connectivity index (χ3n) is 4.38. The number of nitrogens with one attached hydrogen (secondary N) is 1. The van der Waals surface area contributed by atoms with Crippen LogP contribution in [0, 0.1) is 0 Å². The molecule has 0 rings (SSSR count). The minimum Gasteiger partial charge on any atom is -0.480 e. The molecule has 0 aliphatic carbocycles. The third-order valence-corrected chi connectivity index (χ3v) is 4.87. The molecule has 9 heteroatoms. The van der Waals surface area contributed by atoms with Gasteiger partial charge in [-0.15, -0.1) is 0 Å². The summed E-state index contributed by atoms with van der Waals surface area (Å²) in [6.45, 7) is 1.38. The topological polar surface area (TPSA) is 133 Å². The average molecular weight is 496 g/mol. The van der Waals surface area contributed by atoms with Crippen molar-refractivity contribution in [2.45, 2.75) is 64.3 Å². The number of rotatable bonds is 19. The number of hydrogen-bond donors (Lipinski definition) is 4. The highest BCUT2D eigenvalue weighted by Crippen LogP contribution is 2.35. The number of allylic oxidation sites excluding steroid dienone is 11. The molecule has 0 aliphatic heterocycles. The summed E-state index contributed by atoms with van der Waals surface area (Å²) in [4.78, 5) is 39.9. The number of carboxylic acids is 1. The van der Waals surface area contributed by atoms with Crippen LogP contribution in [-0.2, 0) is 18.7 Å². The Bertz CT molecular complexity index is 791. The van der Waals surface area contributed by atoms with Gasteiger partial charge >= 0.3 is 13.8 Å². The number of hydrogen-bond acceptors (Lipinski definition) is 4. The zero-order valence-corrected chi connectivity index (χ0v) is 20.7. The highest BCUT2D eigenvalue weighted by atomic mass is 31.2. The van der Waals surface area contributed by atoms with Gasteiger partial charge in [-0.3, -0.25) is 9.32 Å². The standard InChI is InChI=1S/C25H38NO7P/c1-2-3-4-5-6-7-8-9-10-11-12-13-14-15-16-17-18-19-20-21-24(27)26-23(25(28)29)22-33-34(30,31)32/h10-21,23H,2-9,22H2,1H3,(H,26,27)(H,28,29)(H2,30,31,32)/b11-10+,13-12+,15-14+,17-16+,19-18+,21-20+/t23-/m0/s1. The monoisotopic (exact) mass is 495 g/mol. The molecular formula is C25H38NO7P. The van der Waals surface area contributed by atoms with Crippen molar-refractivity contribution in [1.29, 1.82) is 0 Å². The third kappa shape index (κ3) is 22.7.